The number of imide groups is 1. The van der Waals surface area contributed by atoms with E-state index in [1.807, 2.05) is 13.8 Å². The molecule has 1 unspecified atom stereocenters. The molecule has 0 spiro atoms. The summed E-state index contributed by atoms with van der Waals surface area (Å²) in [6.07, 6.45) is 10.1. The first kappa shape index (κ1) is 24.3. The molecule has 2 amide bonds. The monoisotopic (exact) mass is 379 g/mol. The van der Waals surface area contributed by atoms with Crippen LogP contribution in [0.15, 0.2) is 37.1 Å². The zero-order valence-electron chi connectivity index (χ0n) is 16.1. The maximum absolute atomic E-state index is 12.6. The summed E-state index contributed by atoms with van der Waals surface area (Å²) >= 11 is 0. The number of hydrogen-bond acceptors (Lipinski definition) is 5. The largest absolute Gasteiger partial charge is 0.481 e. The van der Waals surface area contributed by atoms with Crippen molar-refractivity contribution in [2.45, 2.75) is 64.8 Å². The maximum atomic E-state index is 12.6. The number of carbonyl (C=O) groups is 4. The third kappa shape index (κ3) is 10.1. The highest BCUT2D eigenvalue weighted by Crippen LogP contribution is 2.13. The average Bonchev–Trinajstić information content (AvgIpc) is 2.61. The van der Waals surface area contributed by atoms with E-state index in [4.69, 9.17) is 5.11 Å². The van der Waals surface area contributed by atoms with Crippen LogP contribution in [0.4, 0.5) is 0 Å². The van der Waals surface area contributed by atoms with Crippen molar-refractivity contribution < 1.29 is 29.0 Å². The zero-order chi connectivity index (χ0) is 20.7. The van der Waals surface area contributed by atoms with Gasteiger partial charge in [-0.3, -0.25) is 19.3 Å². The molecule has 27 heavy (non-hydrogen) atoms. The molecule has 150 valence electrons. The number of amides is 2. The first-order valence-corrected chi connectivity index (χ1v) is 9.07. The molecule has 1 atom stereocenters. The van der Waals surface area contributed by atoms with E-state index in [1.165, 1.54) is 0 Å². The molecule has 0 heterocycles. The van der Waals surface area contributed by atoms with Gasteiger partial charge in [-0.15, -0.1) is 0 Å². The third-order valence-electron chi connectivity index (χ3n) is 3.52. The highest BCUT2D eigenvalue weighted by Gasteiger charge is 2.36. The molecule has 0 rings (SSSR count). The lowest BCUT2D eigenvalue weighted by Gasteiger charge is -2.26. The van der Waals surface area contributed by atoms with Gasteiger partial charge in [-0.1, -0.05) is 57.6 Å². The van der Waals surface area contributed by atoms with Crippen molar-refractivity contribution in [3.8, 4) is 0 Å². The molecule has 0 bridgehead atoms. The van der Waals surface area contributed by atoms with Gasteiger partial charge in [0, 0.05) is 12.8 Å². The van der Waals surface area contributed by atoms with Gasteiger partial charge in [0.25, 0.3) is 0 Å². The summed E-state index contributed by atoms with van der Waals surface area (Å²) in [7, 11) is 0. The van der Waals surface area contributed by atoms with Crippen LogP contribution in [0.5, 0.6) is 0 Å². The van der Waals surface area contributed by atoms with E-state index in [-0.39, 0.29) is 12.8 Å². The van der Waals surface area contributed by atoms with Crippen LogP contribution in [0, 0.1) is 0 Å². The first-order valence-electron chi connectivity index (χ1n) is 9.07. The van der Waals surface area contributed by atoms with Crippen LogP contribution in [-0.4, -0.2) is 39.8 Å². The van der Waals surface area contributed by atoms with Gasteiger partial charge in [0.2, 0.25) is 11.8 Å². The zero-order valence-corrected chi connectivity index (χ0v) is 16.1. The second kappa shape index (κ2) is 14.5. The van der Waals surface area contributed by atoms with Crippen LogP contribution in [0.2, 0.25) is 0 Å². The Labute approximate surface area is 160 Å². The number of allylic oxidation sites excluding steroid dienone is 2. The number of esters is 1. The lowest BCUT2D eigenvalue weighted by molar-refractivity contribution is -0.160. The Morgan fingerprint density at radius 1 is 0.963 bits per heavy atom. The van der Waals surface area contributed by atoms with Gasteiger partial charge >= 0.3 is 11.9 Å². The fourth-order valence-electron chi connectivity index (χ4n) is 2.23. The molecule has 7 nitrogen and oxygen atoms in total. The van der Waals surface area contributed by atoms with Crippen molar-refractivity contribution in [2.24, 2.45) is 0 Å². The number of hydrogen-bond donors (Lipinski definition) is 1. The van der Waals surface area contributed by atoms with E-state index in [1.54, 1.807) is 24.3 Å². The smallest absolute Gasteiger partial charge is 0.334 e. The van der Waals surface area contributed by atoms with Gasteiger partial charge in [-0.2, -0.15) is 0 Å². The van der Waals surface area contributed by atoms with Crippen molar-refractivity contribution in [2.75, 3.05) is 0 Å². The fraction of sp³-hybridized carbons (Fsp3) is 0.500. The normalized spacial score (nSPS) is 12.1. The Morgan fingerprint density at radius 2 is 1.44 bits per heavy atom. The standard InChI is InChI=1S/C20H29NO6/c1-4-7-9-11-13-17(22)21(18(23)14-12-10-8-5-2)16(15-19(24)25)20(26)27-6-3/h6,9-12,16H,3-5,7-8,13-15H2,1-2H3,(H,24,25)/b11-9+,12-10+. The molecule has 0 aromatic rings. The summed E-state index contributed by atoms with van der Waals surface area (Å²) in [5.74, 6) is -3.63. The first-order chi connectivity index (χ1) is 12.9. The second-order valence-electron chi connectivity index (χ2n) is 5.80. The Balaban J connectivity index is 5.56. The number of carboxylic acid groups (broad SMARTS) is 1. The summed E-state index contributed by atoms with van der Waals surface area (Å²) in [6, 6.07) is -1.54. The minimum Gasteiger partial charge on any atom is -0.481 e. The lowest BCUT2D eigenvalue weighted by Crippen LogP contribution is -2.49. The van der Waals surface area contributed by atoms with Crippen LogP contribution in [0.25, 0.3) is 0 Å². The predicted octanol–water partition coefficient (Wildman–Crippen LogP) is 3.36. The Kier molecular flexibility index (Phi) is 13.0. The Morgan fingerprint density at radius 3 is 1.81 bits per heavy atom. The molecule has 0 fully saturated rings. The summed E-state index contributed by atoms with van der Waals surface area (Å²) in [5, 5.41) is 9.09. The molecule has 7 heteroatoms. The highest BCUT2D eigenvalue weighted by atomic mass is 16.5. The van der Waals surface area contributed by atoms with E-state index < -0.39 is 36.2 Å². The van der Waals surface area contributed by atoms with Crippen molar-refractivity contribution in [1.82, 2.24) is 4.90 Å². The molecule has 0 saturated carbocycles. The summed E-state index contributed by atoms with van der Waals surface area (Å²) in [5.41, 5.74) is 0. The molecule has 0 aromatic heterocycles. The van der Waals surface area contributed by atoms with Crippen LogP contribution in [0.1, 0.15) is 58.8 Å². The minimum atomic E-state index is -1.54. The molecule has 0 aromatic carbocycles. The van der Waals surface area contributed by atoms with Crippen LogP contribution in [0.3, 0.4) is 0 Å². The fourth-order valence-corrected chi connectivity index (χ4v) is 2.23. The van der Waals surface area contributed by atoms with Gasteiger partial charge in [0.1, 0.15) is 6.04 Å². The Hall–Kier alpha value is -2.70. The van der Waals surface area contributed by atoms with Crippen molar-refractivity contribution >= 4 is 23.8 Å². The Bertz CT molecular complexity index is 549. The van der Waals surface area contributed by atoms with E-state index >= 15 is 0 Å². The quantitative estimate of drug-likeness (QED) is 0.299. The number of rotatable bonds is 13. The van der Waals surface area contributed by atoms with Crippen LogP contribution < -0.4 is 0 Å². The number of carboxylic acids is 1. The minimum absolute atomic E-state index is 0.109. The molecule has 0 radical (unpaired) electrons. The molecule has 0 aliphatic heterocycles. The number of nitrogens with zero attached hydrogens (tertiary/aromatic N) is 1. The SMILES string of the molecule is C=COC(=O)C(CC(=O)O)N(C(=O)C/C=C/CCC)C(=O)C/C=C/CCC. The molecular weight excluding hydrogens is 350 g/mol. The second-order valence-corrected chi connectivity index (χ2v) is 5.80. The molecule has 0 aliphatic carbocycles. The van der Waals surface area contributed by atoms with Crippen LogP contribution in [-0.2, 0) is 23.9 Å². The molecular formula is C20H29NO6. The number of unbranched alkanes of at least 4 members (excludes halogenated alkanes) is 2. The van der Waals surface area contributed by atoms with Gasteiger partial charge < -0.3 is 9.84 Å². The molecule has 0 aliphatic rings. The number of aliphatic carboxylic acids is 1. The van der Waals surface area contributed by atoms with Gasteiger partial charge in [-0.05, 0) is 12.8 Å². The number of ether oxygens (including phenoxy) is 1. The van der Waals surface area contributed by atoms with Gasteiger partial charge in [0.15, 0.2) is 0 Å². The van der Waals surface area contributed by atoms with Gasteiger partial charge in [0.05, 0.1) is 12.7 Å². The average molecular weight is 379 g/mol. The van der Waals surface area contributed by atoms with Gasteiger partial charge in [-0.25, -0.2) is 4.79 Å². The van der Waals surface area contributed by atoms with Crippen molar-refractivity contribution in [1.29, 1.82) is 0 Å². The number of carbonyl (C=O) groups excluding carboxylic acids is 3. The maximum Gasteiger partial charge on any atom is 0.334 e. The summed E-state index contributed by atoms with van der Waals surface area (Å²) in [6.45, 7) is 7.22. The third-order valence-corrected chi connectivity index (χ3v) is 3.52. The predicted molar refractivity (Wildman–Crippen MR) is 102 cm³/mol. The molecule has 1 N–H and O–H groups in total. The summed E-state index contributed by atoms with van der Waals surface area (Å²) in [4.78, 5) is 49.1. The molecule has 0 saturated heterocycles. The van der Waals surface area contributed by atoms with E-state index in [2.05, 4.69) is 11.3 Å². The topological polar surface area (TPSA) is 101 Å². The van der Waals surface area contributed by atoms with Crippen LogP contribution >= 0.6 is 0 Å². The van der Waals surface area contributed by atoms with E-state index in [9.17, 15) is 19.2 Å². The highest BCUT2D eigenvalue weighted by molar-refractivity contribution is 6.01. The lowest BCUT2D eigenvalue weighted by atomic mass is 10.1. The van der Waals surface area contributed by atoms with E-state index in [0.717, 1.165) is 31.9 Å². The van der Waals surface area contributed by atoms with Crippen molar-refractivity contribution in [3.63, 3.8) is 0 Å². The van der Waals surface area contributed by atoms with Crippen molar-refractivity contribution in [3.05, 3.63) is 37.1 Å². The van der Waals surface area contributed by atoms with E-state index in [0.29, 0.717) is 4.90 Å². The summed E-state index contributed by atoms with van der Waals surface area (Å²) < 4.78 is 4.65.